The summed E-state index contributed by atoms with van der Waals surface area (Å²) in [5.74, 6) is -0.456. The summed E-state index contributed by atoms with van der Waals surface area (Å²) in [6, 6.07) is 4.36. The lowest BCUT2D eigenvalue weighted by Crippen LogP contribution is -1.92. The van der Waals surface area contributed by atoms with E-state index >= 15 is 0 Å². The van der Waals surface area contributed by atoms with Crippen LogP contribution in [0.25, 0.3) is 0 Å². The van der Waals surface area contributed by atoms with Gasteiger partial charge in [0, 0.05) is 6.42 Å². The highest BCUT2D eigenvalue weighted by molar-refractivity contribution is 6.63. The SMILES string of the molecule is O=C(Cl)CCc1ccc(F)c(Cl)c1. The zero-order valence-electron chi connectivity index (χ0n) is 6.69. The number of halogens is 3. The maximum atomic E-state index is 12.7. The summed E-state index contributed by atoms with van der Waals surface area (Å²) < 4.78 is 12.7. The Hall–Kier alpha value is -0.600. The maximum Gasteiger partial charge on any atom is 0.221 e. The Kier molecular flexibility index (Phi) is 3.70. The van der Waals surface area contributed by atoms with Crippen molar-refractivity contribution in [3.63, 3.8) is 0 Å². The Morgan fingerprint density at radius 3 is 2.69 bits per heavy atom. The van der Waals surface area contributed by atoms with E-state index in [-0.39, 0.29) is 11.4 Å². The normalized spacial score (nSPS) is 10.1. The molecule has 0 aromatic heterocycles. The molecule has 1 aromatic carbocycles. The molecule has 0 fully saturated rings. The van der Waals surface area contributed by atoms with E-state index < -0.39 is 11.1 Å². The van der Waals surface area contributed by atoms with Crippen LogP contribution in [0.1, 0.15) is 12.0 Å². The van der Waals surface area contributed by atoms with Gasteiger partial charge >= 0.3 is 0 Å². The van der Waals surface area contributed by atoms with Gasteiger partial charge < -0.3 is 0 Å². The smallest absolute Gasteiger partial charge is 0.221 e. The van der Waals surface area contributed by atoms with Crippen LogP contribution in [0.5, 0.6) is 0 Å². The van der Waals surface area contributed by atoms with Gasteiger partial charge in [-0.3, -0.25) is 4.79 Å². The van der Waals surface area contributed by atoms with E-state index in [0.29, 0.717) is 6.42 Å². The van der Waals surface area contributed by atoms with Gasteiger partial charge in [0.2, 0.25) is 5.24 Å². The molecule has 1 nitrogen and oxygen atoms in total. The number of hydrogen-bond acceptors (Lipinski definition) is 1. The van der Waals surface area contributed by atoms with E-state index in [4.69, 9.17) is 23.2 Å². The van der Waals surface area contributed by atoms with Gasteiger partial charge in [-0.25, -0.2) is 4.39 Å². The van der Waals surface area contributed by atoms with E-state index in [1.165, 1.54) is 12.1 Å². The van der Waals surface area contributed by atoms with Crippen molar-refractivity contribution in [2.75, 3.05) is 0 Å². The summed E-state index contributed by atoms with van der Waals surface area (Å²) in [6.45, 7) is 0. The third kappa shape index (κ3) is 3.33. The van der Waals surface area contributed by atoms with Gasteiger partial charge in [0.05, 0.1) is 5.02 Å². The van der Waals surface area contributed by atoms with Gasteiger partial charge in [0.1, 0.15) is 5.82 Å². The molecule has 0 amide bonds. The van der Waals surface area contributed by atoms with Gasteiger partial charge in [-0.2, -0.15) is 0 Å². The number of aryl methyl sites for hydroxylation is 1. The summed E-state index contributed by atoms with van der Waals surface area (Å²) in [6.07, 6.45) is 0.728. The Labute approximate surface area is 85.5 Å². The van der Waals surface area contributed by atoms with Crippen LogP contribution in [0.15, 0.2) is 18.2 Å². The molecule has 1 rings (SSSR count). The molecular formula is C9H7Cl2FO. The predicted molar refractivity (Wildman–Crippen MR) is 50.6 cm³/mol. The van der Waals surface area contributed by atoms with Gasteiger partial charge in [0.15, 0.2) is 0 Å². The molecule has 0 aliphatic rings. The minimum Gasteiger partial charge on any atom is -0.281 e. The summed E-state index contributed by atoms with van der Waals surface area (Å²) in [4.78, 5) is 10.4. The van der Waals surface area contributed by atoms with E-state index in [0.717, 1.165) is 5.56 Å². The minimum absolute atomic E-state index is 0.0690. The summed E-state index contributed by atoms with van der Waals surface area (Å²) >= 11 is 10.7. The molecule has 0 radical (unpaired) electrons. The highest BCUT2D eigenvalue weighted by Crippen LogP contribution is 2.17. The van der Waals surface area contributed by atoms with Crippen molar-refractivity contribution in [3.8, 4) is 0 Å². The number of hydrogen-bond donors (Lipinski definition) is 0. The number of rotatable bonds is 3. The molecule has 70 valence electrons. The lowest BCUT2D eigenvalue weighted by atomic mass is 10.1. The molecule has 0 atom stereocenters. The van der Waals surface area contributed by atoms with Crippen LogP contribution >= 0.6 is 23.2 Å². The molecule has 1 aromatic rings. The van der Waals surface area contributed by atoms with Crippen LogP contribution in [-0.4, -0.2) is 5.24 Å². The molecule has 0 unspecified atom stereocenters. The molecule has 0 aliphatic heterocycles. The first-order chi connectivity index (χ1) is 6.09. The zero-order chi connectivity index (χ0) is 9.84. The molecule has 0 aliphatic carbocycles. The highest BCUT2D eigenvalue weighted by atomic mass is 35.5. The Morgan fingerprint density at radius 2 is 2.15 bits per heavy atom. The minimum atomic E-state index is -0.456. The maximum absolute atomic E-state index is 12.7. The molecule has 0 heterocycles. The van der Waals surface area contributed by atoms with Crippen LogP contribution in [0.3, 0.4) is 0 Å². The molecule has 0 saturated carbocycles. The molecule has 0 N–H and O–H groups in total. The molecule has 0 bridgehead atoms. The monoisotopic (exact) mass is 220 g/mol. The first kappa shape index (κ1) is 10.5. The summed E-state index contributed by atoms with van der Waals surface area (Å²) in [7, 11) is 0. The van der Waals surface area contributed by atoms with Crippen LogP contribution in [0, 0.1) is 5.82 Å². The van der Waals surface area contributed by atoms with Crippen molar-refractivity contribution in [1.82, 2.24) is 0 Å². The lowest BCUT2D eigenvalue weighted by Gasteiger charge is -1.99. The first-order valence-corrected chi connectivity index (χ1v) is 4.47. The van der Waals surface area contributed by atoms with E-state index in [9.17, 15) is 9.18 Å². The second-order valence-corrected chi connectivity index (χ2v) is 3.43. The van der Waals surface area contributed by atoms with Gasteiger partial charge in [0.25, 0.3) is 0 Å². The second-order valence-electron chi connectivity index (χ2n) is 2.60. The van der Waals surface area contributed by atoms with Crippen LogP contribution in [0.4, 0.5) is 4.39 Å². The standard InChI is InChI=1S/C9H7Cl2FO/c10-7-5-6(1-3-8(7)12)2-4-9(11)13/h1,3,5H,2,4H2. The van der Waals surface area contributed by atoms with Crippen molar-refractivity contribution >= 4 is 28.4 Å². The summed E-state index contributed by atoms with van der Waals surface area (Å²) in [5.41, 5.74) is 0.806. The lowest BCUT2D eigenvalue weighted by molar-refractivity contribution is -0.111. The van der Waals surface area contributed by atoms with Crippen molar-refractivity contribution in [3.05, 3.63) is 34.6 Å². The Balaban J connectivity index is 2.68. The van der Waals surface area contributed by atoms with Gasteiger partial charge in [-0.05, 0) is 35.7 Å². The van der Waals surface area contributed by atoms with Crippen LogP contribution < -0.4 is 0 Å². The summed E-state index contributed by atoms with van der Waals surface area (Å²) in [5, 5.41) is -0.333. The van der Waals surface area contributed by atoms with Gasteiger partial charge in [-0.15, -0.1) is 0 Å². The predicted octanol–water partition coefficient (Wildman–Crippen LogP) is 3.18. The van der Waals surface area contributed by atoms with Crippen LogP contribution in [-0.2, 0) is 11.2 Å². The highest BCUT2D eigenvalue weighted by Gasteiger charge is 2.02. The van der Waals surface area contributed by atoms with Crippen molar-refractivity contribution in [2.45, 2.75) is 12.8 Å². The van der Waals surface area contributed by atoms with Gasteiger partial charge in [-0.1, -0.05) is 17.7 Å². The third-order valence-corrected chi connectivity index (χ3v) is 2.07. The number of carbonyl (C=O) groups excluding carboxylic acids is 1. The van der Waals surface area contributed by atoms with E-state index in [1.54, 1.807) is 6.07 Å². The fraction of sp³-hybridized carbons (Fsp3) is 0.222. The van der Waals surface area contributed by atoms with Crippen molar-refractivity contribution in [1.29, 1.82) is 0 Å². The first-order valence-electron chi connectivity index (χ1n) is 3.72. The average molecular weight is 221 g/mol. The fourth-order valence-electron chi connectivity index (χ4n) is 0.938. The van der Waals surface area contributed by atoms with Crippen molar-refractivity contribution in [2.24, 2.45) is 0 Å². The topological polar surface area (TPSA) is 17.1 Å². The van der Waals surface area contributed by atoms with E-state index in [2.05, 4.69) is 0 Å². The Bertz CT molecular complexity index is 325. The van der Waals surface area contributed by atoms with Crippen molar-refractivity contribution < 1.29 is 9.18 Å². The molecule has 13 heavy (non-hydrogen) atoms. The molecule has 0 spiro atoms. The fourth-order valence-corrected chi connectivity index (χ4v) is 1.24. The molecule has 4 heteroatoms. The van der Waals surface area contributed by atoms with E-state index in [1.807, 2.05) is 0 Å². The average Bonchev–Trinajstić information content (AvgIpc) is 2.07. The number of carbonyl (C=O) groups is 1. The molecule has 0 saturated heterocycles. The van der Waals surface area contributed by atoms with Crippen LogP contribution in [0.2, 0.25) is 5.02 Å². The quantitative estimate of drug-likeness (QED) is 0.716. The number of benzene rings is 1. The zero-order valence-corrected chi connectivity index (χ0v) is 8.20. The molecular weight excluding hydrogens is 214 g/mol. The second kappa shape index (κ2) is 4.58. The Morgan fingerprint density at radius 1 is 1.46 bits per heavy atom. The largest absolute Gasteiger partial charge is 0.281 e. The third-order valence-electron chi connectivity index (χ3n) is 1.59.